The molecule has 0 bridgehead atoms. The predicted octanol–water partition coefficient (Wildman–Crippen LogP) is 3.25. The third-order valence-corrected chi connectivity index (χ3v) is 4.06. The molecule has 120 valence electrons. The first-order valence-corrected chi connectivity index (χ1v) is 7.32. The maximum Gasteiger partial charge on any atom is 0.321 e. The number of carboxylic acid groups (broad SMARTS) is 1. The van der Waals surface area contributed by atoms with E-state index in [2.05, 4.69) is 5.11 Å². The lowest BCUT2D eigenvalue weighted by Crippen LogP contribution is -2.39. The van der Waals surface area contributed by atoms with Crippen molar-refractivity contribution >= 4 is 23.6 Å². The highest BCUT2D eigenvalue weighted by molar-refractivity contribution is 6.02. The van der Waals surface area contributed by atoms with Gasteiger partial charge in [-0.15, -0.1) is 0 Å². The minimum Gasteiger partial charge on any atom is -0.594 e. The van der Waals surface area contributed by atoms with Crippen LogP contribution in [0.5, 0.6) is 0 Å². The van der Waals surface area contributed by atoms with E-state index >= 15 is 0 Å². The van der Waals surface area contributed by atoms with Gasteiger partial charge in [-0.3, -0.25) is 4.79 Å². The lowest BCUT2D eigenvalue weighted by molar-refractivity contribution is -0.434. The number of carboxylic acids is 1. The number of carbonyl (C=O) groups excluding carboxylic acids is 1. The first-order chi connectivity index (χ1) is 11.6. The number of fused-ring (bicyclic) bond motifs is 1. The Bertz CT molecular complexity index is 858. The van der Waals surface area contributed by atoms with Crippen molar-refractivity contribution in [2.75, 3.05) is 0 Å². The van der Waals surface area contributed by atoms with Crippen molar-refractivity contribution in [2.45, 2.75) is 11.8 Å². The fraction of sp³-hybridized carbons (Fsp3) is 0.111. The number of hydrogen-bond donors (Lipinski definition) is 1. The Hall–Kier alpha value is -3.28. The Morgan fingerprint density at radius 2 is 1.83 bits per heavy atom. The first-order valence-electron chi connectivity index (χ1n) is 7.32. The molecule has 0 saturated carbocycles. The van der Waals surface area contributed by atoms with Gasteiger partial charge >= 0.3 is 5.97 Å². The van der Waals surface area contributed by atoms with Crippen molar-refractivity contribution in [3.63, 3.8) is 0 Å². The summed E-state index contributed by atoms with van der Waals surface area (Å²) >= 11 is 0. The van der Waals surface area contributed by atoms with Gasteiger partial charge in [0, 0.05) is 22.8 Å². The number of carbonyl (C=O) groups is 2. The van der Waals surface area contributed by atoms with Gasteiger partial charge in [-0.05, 0) is 12.0 Å². The lowest BCUT2D eigenvalue weighted by Gasteiger charge is -2.28. The van der Waals surface area contributed by atoms with Crippen LogP contribution in [0.3, 0.4) is 0 Å². The molecule has 0 saturated heterocycles. The van der Waals surface area contributed by atoms with Crippen LogP contribution in [0.2, 0.25) is 0 Å². The van der Waals surface area contributed by atoms with Gasteiger partial charge in [-0.1, -0.05) is 53.4 Å². The highest BCUT2D eigenvalue weighted by atomic mass is 16.5. The predicted molar refractivity (Wildman–Crippen MR) is 86.6 cm³/mol. The molecule has 6 heteroatoms. The monoisotopic (exact) mass is 322 g/mol. The standard InChI is InChI=1S/C18H14N2O4/c21-12-18(17(22)23)11-10-16(14-8-4-5-9-15(14)18)19-20(24)13-6-2-1-3-7-13/h1-10,12H,11H2,(H,22,23). The fourth-order valence-electron chi connectivity index (χ4n) is 2.74. The summed E-state index contributed by atoms with van der Waals surface area (Å²) in [5.41, 5.74) is -0.120. The fourth-order valence-corrected chi connectivity index (χ4v) is 2.74. The summed E-state index contributed by atoms with van der Waals surface area (Å²) in [5.74, 6) is -1.22. The summed E-state index contributed by atoms with van der Waals surface area (Å²) in [6, 6.07) is 15.1. The summed E-state index contributed by atoms with van der Waals surface area (Å²) in [5, 5.41) is 25.8. The summed E-state index contributed by atoms with van der Waals surface area (Å²) in [6.07, 6.45) is 1.90. The van der Waals surface area contributed by atoms with E-state index in [1.165, 1.54) is 6.08 Å². The molecule has 6 nitrogen and oxygen atoms in total. The minimum absolute atomic E-state index is 0.0513. The number of para-hydroxylation sites is 1. The molecule has 0 heterocycles. The van der Waals surface area contributed by atoms with E-state index in [0.717, 1.165) is 0 Å². The Labute approximate surface area is 138 Å². The summed E-state index contributed by atoms with van der Waals surface area (Å²) in [6.45, 7) is 0. The molecule has 0 aliphatic heterocycles. The average Bonchev–Trinajstić information content (AvgIpc) is 2.62. The van der Waals surface area contributed by atoms with Crippen molar-refractivity contribution in [2.24, 2.45) is 5.11 Å². The second-order valence-electron chi connectivity index (χ2n) is 5.44. The van der Waals surface area contributed by atoms with Crippen LogP contribution in [-0.2, 0) is 15.0 Å². The minimum atomic E-state index is -1.64. The van der Waals surface area contributed by atoms with E-state index in [-0.39, 0.29) is 6.42 Å². The molecule has 1 aliphatic carbocycles. The normalized spacial score (nSPS) is 20.0. The molecule has 0 aromatic heterocycles. The number of allylic oxidation sites excluding steroid dienone is 1. The molecule has 1 atom stereocenters. The summed E-state index contributed by atoms with van der Waals surface area (Å²) in [4.78, 5) is 23.7. The number of aliphatic carboxylic acids is 1. The Kier molecular flexibility index (Phi) is 3.95. The van der Waals surface area contributed by atoms with E-state index in [9.17, 15) is 19.9 Å². The number of benzene rings is 2. The van der Waals surface area contributed by atoms with Crippen LogP contribution in [-0.4, -0.2) is 22.2 Å². The van der Waals surface area contributed by atoms with Gasteiger partial charge in [0.15, 0.2) is 5.41 Å². The number of hydrogen-bond acceptors (Lipinski definition) is 4. The number of nitrogens with zero attached hydrogens (tertiary/aromatic N) is 2. The van der Waals surface area contributed by atoms with E-state index in [0.29, 0.717) is 33.7 Å². The Morgan fingerprint density at radius 3 is 2.50 bits per heavy atom. The number of aldehydes is 1. The van der Waals surface area contributed by atoms with E-state index < -0.39 is 11.4 Å². The Balaban J connectivity index is 2.10. The molecule has 0 spiro atoms. The molecular weight excluding hydrogens is 308 g/mol. The van der Waals surface area contributed by atoms with Crippen LogP contribution >= 0.6 is 0 Å². The van der Waals surface area contributed by atoms with Crippen LogP contribution in [0, 0.1) is 5.21 Å². The molecular formula is C18H14N2O4. The molecule has 0 fully saturated rings. The second-order valence-corrected chi connectivity index (χ2v) is 5.44. The van der Waals surface area contributed by atoms with Crippen molar-refractivity contribution < 1.29 is 19.6 Å². The van der Waals surface area contributed by atoms with Gasteiger partial charge in [-0.25, -0.2) is 0 Å². The quantitative estimate of drug-likeness (QED) is 0.307. The highest BCUT2D eigenvalue weighted by Crippen LogP contribution is 2.39. The van der Waals surface area contributed by atoms with Crippen molar-refractivity contribution in [1.29, 1.82) is 0 Å². The summed E-state index contributed by atoms with van der Waals surface area (Å²) in [7, 11) is 0. The lowest BCUT2D eigenvalue weighted by atomic mass is 9.73. The second kappa shape index (κ2) is 6.08. The maximum absolute atomic E-state index is 12.2. The van der Waals surface area contributed by atoms with Gasteiger partial charge in [0.25, 0.3) is 0 Å². The van der Waals surface area contributed by atoms with Gasteiger partial charge < -0.3 is 15.1 Å². The van der Waals surface area contributed by atoms with Crippen LogP contribution in [0.25, 0.3) is 5.70 Å². The molecule has 1 unspecified atom stereocenters. The van der Waals surface area contributed by atoms with E-state index in [4.69, 9.17) is 0 Å². The van der Waals surface area contributed by atoms with E-state index in [1.807, 2.05) is 0 Å². The maximum atomic E-state index is 12.2. The first kappa shape index (κ1) is 15.6. The van der Waals surface area contributed by atoms with Crippen molar-refractivity contribution in [1.82, 2.24) is 0 Å². The largest absolute Gasteiger partial charge is 0.594 e. The zero-order valence-corrected chi connectivity index (χ0v) is 12.6. The molecule has 1 aliphatic rings. The van der Waals surface area contributed by atoms with Crippen molar-refractivity contribution in [3.8, 4) is 0 Å². The number of rotatable bonds is 4. The third-order valence-electron chi connectivity index (χ3n) is 4.06. The van der Waals surface area contributed by atoms with Gasteiger partial charge in [0.05, 0.1) is 0 Å². The van der Waals surface area contributed by atoms with Crippen LogP contribution in [0.1, 0.15) is 17.5 Å². The van der Waals surface area contributed by atoms with Crippen molar-refractivity contribution in [3.05, 3.63) is 77.0 Å². The number of azo groups is 1. The van der Waals surface area contributed by atoms with E-state index in [1.54, 1.807) is 54.6 Å². The molecule has 2 aromatic rings. The highest BCUT2D eigenvalue weighted by Gasteiger charge is 2.44. The van der Waals surface area contributed by atoms with Crippen LogP contribution in [0.4, 0.5) is 5.69 Å². The van der Waals surface area contributed by atoms with Gasteiger partial charge in [-0.2, -0.15) is 0 Å². The van der Waals surface area contributed by atoms with Crippen LogP contribution in [0.15, 0.2) is 65.8 Å². The average molecular weight is 322 g/mol. The SMILES string of the molecule is O=CC1(C(=O)O)CC=C(N=[N+]([O-])c2ccccc2)c2ccccc21. The zero-order valence-electron chi connectivity index (χ0n) is 12.6. The molecule has 24 heavy (non-hydrogen) atoms. The molecule has 0 amide bonds. The zero-order chi connectivity index (χ0) is 17.2. The summed E-state index contributed by atoms with van der Waals surface area (Å²) < 4.78 is 0. The van der Waals surface area contributed by atoms with Crippen LogP contribution < -0.4 is 0 Å². The molecule has 0 radical (unpaired) electrons. The third kappa shape index (κ3) is 2.48. The molecule has 1 N–H and O–H groups in total. The van der Waals surface area contributed by atoms with Gasteiger partial charge in [0.1, 0.15) is 12.0 Å². The van der Waals surface area contributed by atoms with Gasteiger partial charge in [0.2, 0.25) is 5.69 Å². The molecule has 2 aromatic carbocycles. The Morgan fingerprint density at radius 1 is 1.17 bits per heavy atom. The molecule has 3 rings (SSSR count). The topological polar surface area (TPSA) is 92.8 Å². The smallest absolute Gasteiger partial charge is 0.321 e.